The summed E-state index contributed by atoms with van der Waals surface area (Å²) in [6.07, 6.45) is -7.45. The van der Waals surface area contributed by atoms with Crippen LogP contribution in [-0.4, -0.2) is 24.5 Å². The fourth-order valence-electron chi connectivity index (χ4n) is 2.45. The number of fused-ring (bicyclic) bond motifs is 1. The van der Waals surface area contributed by atoms with Gasteiger partial charge in [0.1, 0.15) is 5.75 Å². The molecule has 2 atom stereocenters. The summed E-state index contributed by atoms with van der Waals surface area (Å²) < 4.78 is 50.1. The van der Waals surface area contributed by atoms with Crippen LogP contribution in [-0.2, 0) is 19.8 Å². The number of alkyl halides is 3. The minimum atomic E-state index is -4.82. The van der Waals surface area contributed by atoms with Crippen molar-refractivity contribution in [3.8, 4) is 5.75 Å². The highest BCUT2D eigenvalue weighted by Gasteiger charge is 2.49. The van der Waals surface area contributed by atoms with Gasteiger partial charge in [0.25, 0.3) is 0 Å². The summed E-state index contributed by atoms with van der Waals surface area (Å²) in [5.41, 5.74) is -0.242. The van der Waals surface area contributed by atoms with Crippen LogP contribution in [0.15, 0.2) is 17.7 Å². The van der Waals surface area contributed by atoms with Gasteiger partial charge in [-0.25, -0.2) is 10.7 Å². The zero-order chi connectivity index (χ0) is 19.9. The van der Waals surface area contributed by atoms with Gasteiger partial charge in [-0.1, -0.05) is 32.4 Å². The van der Waals surface area contributed by atoms with E-state index in [1.807, 2.05) is 20.8 Å². The monoisotopic (exact) mass is 393 g/mol. The number of halogens is 4. The number of hydrogen-bond acceptors (Lipinski definition) is 5. The second-order valence-electron chi connectivity index (χ2n) is 6.87. The Morgan fingerprint density at radius 3 is 2.42 bits per heavy atom. The lowest BCUT2D eigenvalue weighted by Gasteiger charge is -2.30. The Labute approximate surface area is 153 Å². The Balaban J connectivity index is 2.54. The van der Waals surface area contributed by atoms with Crippen LogP contribution in [0.1, 0.15) is 38.8 Å². The SMILES string of the molecule is CC(ON)OC(=O)C1=Cc2cc(Cl)c(C(C)(C)C)cc2OC1C(F)(F)F. The maximum atomic E-state index is 13.4. The molecule has 9 heteroatoms. The Hall–Kier alpha value is -1.77. The quantitative estimate of drug-likeness (QED) is 0.475. The van der Waals surface area contributed by atoms with Crippen molar-refractivity contribution in [1.29, 1.82) is 0 Å². The fraction of sp³-hybridized carbons (Fsp3) is 0.471. The molecule has 2 N–H and O–H groups in total. The molecule has 26 heavy (non-hydrogen) atoms. The van der Waals surface area contributed by atoms with Crippen molar-refractivity contribution >= 4 is 23.6 Å². The molecule has 1 heterocycles. The smallest absolute Gasteiger partial charge is 0.430 e. The van der Waals surface area contributed by atoms with Crippen molar-refractivity contribution in [2.45, 2.75) is 51.7 Å². The van der Waals surface area contributed by atoms with Gasteiger partial charge in [-0.15, -0.1) is 0 Å². The predicted octanol–water partition coefficient (Wildman–Crippen LogP) is 4.12. The molecule has 0 saturated heterocycles. The number of benzene rings is 1. The van der Waals surface area contributed by atoms with Crippen molar-refractivity contribution in [2.24, 2.45) is 5.90 Å². The Kier molecular flexibility index (Phi) is 5.60. The first kappa shape index (κ1) is 20.5. The molecule has 0 amide bonds. The van der Waals surface area contributed by atoms with Crippen molar-refractivity contribution < 1.29 is 32.3 Å². The maximum absolute atomic E-state index is 13.4. The summed E-state index contributed by atoms with van der Waals surface area (Å²) in [6, 6.07) is 2.92. The van der Waals surface area contributed by atoms with Crippen LogP contribution in [0.2, 0.25) is 5.02 Å². The van der Waals surface area contributed by atoms with Crippen LogP contribution < -0.4 is 10.6 Å². The number of hydrogen-bond donors (Lipinski definition) is 1. The first-order valence-electron chi connectivity index (χ1n) is 7.70. The molecule has 0 aliphatic carbocycles. The topological polar surface area (TPSA) is 70.8 Å². The minimum Gasteiger partial charge on any atom is -0.475 e. The molecule has 2 unspecified atom stereocenters. The lowest BCUT2D eigenvalue weighted by molar-refractivity contribution is -0.194. The predicted molar refractivity (Wildman–Crippen MR) is 89.4 cm³/mol. The van der Waals surface area contributed by atoms with Gasteiger partial charge in [-0.3, -0.25) is 4.84 Å². The largest absolute Gasteiger partial charge is 0.475 e. The van der Waals surface area contributed by atoms with Crippen LogP contribution in [0, 0.1) is 0 Å². The second-order valence-corrected chi connectivity index (χ2v) is 7.28. The van der Waals surface area contributed by atoms with Crippen molar-refractivity contribution in [1.82, 2.24) is 0 Å². The van der Waals surface area contributed by atoms with E-state index in [0.29, 0.717) is 10.6 Å². The Bertz CT molecular complexity index is 741. The zero-order valence-corrected chi connectivity index (χ0v) is 15.4. The molecular formula is C17H19ClF3NO4. The molecule has 0 spiro atoms. The maximum Gasteiger partial charge on any atom is 0.430 e. The average molecular weight is 394 g/mol. The molecule has 1 aromatic rings. The summed E-state index contributed by atoms with van der Waals surface area (Å²) in [7, 11) is 0. The number of rotatable bonds is 3. The van der Waals surface area contributed by atoms with Gasteiger partial charge in [0.05, 0.1) is 5.57 Å². The van der Waals surface area contributed by atoms with Gasteiger partial charge in [-0.05, 0) is 36.1 Å². The molecule has 0 bridgehead atoms. The third kappa shape index (κ3) is 4.31. The highest BCUT2D eigenvalue weighted by Crippen LogP contribution is 2.42. The standard InChI is InChI=1S/C17H19ClF3NO4/c1-8(26-22)24-15(23)10-5-9-6-12(18)11(16(2,3)4)7-13(9)25-14(10)17(19,20)21/h5-8,14H,22H2,1-4H3. The zero-order valence-electron chi connectivity index (χ0n) is 14.6. The minimum absolute atomic E-state index is 0.0127. The van der Waals surface area contributed by atoms with Gasteiger partial charge in [0.15, 0.2) is 0 Å². The number of ether oxygens (including phenoxy) is 2. The molecule has 1 aliphatic rings. The molecule has 0 radical (unpaired) electrons. The lowest BCUT2D eigenvalue weighted by atomic mass is 9.85. The molecule has 0 aromatic heterocycles. The van der Waals surface area contributed by atoms with Gasteiger partial charge in [0, 0.05) is 10.6 Å². The van der Waals surface area contributed by atoms with Gasteiger partial charge in [0.2, 0.25) is 12.4 Å². The van der Waals surface area contributed by atoms with E-state index in [4.69, 9.17) is 27.0 Å². The fourth-order valence-corrected chi connectivity index (χ4v) is 2.90. The Morgan fingerprint density at radius 2 is 1.92 bits per heavy atom. The third-order valence-electron chi connectivity index (χ3n) is 3.74. The molecule has 5 nitrogen and oxygen atoms in total. The normalized spacial score (nSPS) is 18.5. The lowest BCUT2D eigenvalue weighted by Crippen LogP contribution is -2.41. The van der Waals surface area contributed by atoms with E-state index in [-0.39, 0.29) is 11.3 Å². The van der Waals surface area contributed by atoms with Gasteiger partial charge >= 0.3 is 12.1 Å². The molecule has 144 valence electrons. The second kappa shape index (κ2) is 7.09. The number of carbonyl (C=O) groups is 1. The number of nitrogens with two attached hydrogens (primary N) is 1. The van der Waals surface area contributed by atoms with Gasteiger partial charge < -0.3 is 9.47 Å². The third-order valence-corrected chi connectivity index (χ3v) is 4.06. The number of carbonyl (C=O) groups excluding carboxylic acids is 1. The van der Waals surface area contributed by atoms with Crippen LogP contribution in [0.4, 0.5) is 13.2 Å². The van der Waals surface area contributed by atoms with Crippen LogP contribution in [0.3, 0.4) is 0 Å². The molecule has 2 rings (SSSR count). The highest BCUT2D eigenvalue weighted by atomic mass is 35.5. The van der Waals surface area contributed by atoms with E-state index in [1.54, 1.807) is 0 Å². The molecule has 1 aliphatic heterocycles. The molecule has 0 fully saturated rings. The summed E-state index contributed by atoms with van der Waals surface area (Å²) >= 11 is 6.25. The van der Waals surface area contributed by atoms with E-state index in [0.717, 1.165) is 6.08 Å². The summed E-state index contributed by atoms with van der Waals surface area (Å²) in [6.45, 7) is 6.89. The Morgan fingerprint density at radius 1 is 1.31 bits per heavy atom. The molecular weight excluding hydrogens is 375 g/mol. The van der Waals surface area contributed by atoms with Crippen LogP contribution >= 0.6 is 11.6 Å². The van der Waals surface area contributed by atoms with Crippen molar-refractivity contribution in [3.63, 3.8) is 0 Å². The first-order chi connectivity index (χ1) is 11.8. The van der Waals surface area contributed by atoms with E-state index in [9.17, 15) is 18.0 Å². The first-order valence-corrected chi connectivity index (χ1v) is 8.08. The van der Waals surface area contributed by atoms with Crippen LogP contribution in [0.25, 0.3) is 6.08 Å². The van der Waals surface area contributed by atoms with Crippen molar-refractivity contribution in [3.05, 3.63) is 33.9 Å². The molecule has 0 saturated carbocycles. The van der Waals surface area contributed by atoms with E-state index in [1.165, 1.54) is 19.1 Å². The highest BCUT2D eigenvalue weighted by molar-refractivity contribution is 6.31. The summed E-state index contributed by atoms with van der Waals surface area (Å²) in [5.74, 6) is 3.60. The summed E-state index contributed by atoms with van der Waals surface area (Å²) in [5, 5.41) is 0.355. The summed E-state index contributed by atoms with van der Waals surface area (Å²) in [4.78, 5) is 16.4. The van der Waals surface area contributed by atoms with Crippen LogP contribution in [0.5, 0.6) is 5.75 Å². The van der Waals surface area contributed by atoms with E-state index in [2.05, 4.69) is 4.84 Å². The van der Waals surface area contributed by atoms with Gasteiger partial charge in [-0.2, -0.15) is 13.2 Å². The molecule has 1 aromatic carbocycles. The van der Waals surface area contributed by atoms with Crippen molar-refractivity contribution in [2.75, 3.05) is 0 Å². The number of esters is 1. The van der Waals surface area contributed by atoms with E-state index >= 15 is 0 Å². The van der Waals surface area contributed by atoms with E-state index < -0.39 is 35.5 Å². The average Bonchev–Trinajstić information content (AvgIpc) is 2.50.